The quantitative estimate of drug-likeness (QED) is 0.183. The number of aryl methyl sites for hydroxylation is 1. The third kappa shape index (κ3) is 5.52. The van der Waals surface area contributed by atoms with E-state index in [0.717, 1.165) is 16.9 Å². The maximum Gasteiger partial charge on any atom is 0.297 e. The lowest BCUT2D eigenvalue weighted by Gasteiger charge is -2.11. The van der Waals surface area contributed by atoms with Crippen LogP contribution in [0.2, 0.25) is 5.15 Å². The number of thiazole rings is 1. The van der Waals surface area contributed by atoms with Gasteiger partial charge in [0, 0.05) is 18.0 Å². The van der Waals surface area contributed by atoms with E-state index in [2.05, 4.69) is 5.10 Å². The molecule has 228 valence electrons. The Hall–Kier alpha value is -5.13. The molecule has 0 N–H and O–H groups in total. The first-order valence-electron chi connectivity index (χ1n) is 14.0. The molecule has 0 bridgehead atoms. The molecule has 0 spiro atoms. The lowest BCUT2D eigenvalue weighted by atomic mass is 10.1. The third-order valence-corrected chi connectivity index (χ3v) is 8.63. The largest absolute Gasteiger partial charge is 0.497 e. The molecule has 3 aromatic carbocycles. The van der Waals surface area contributed by atoms with E-state index in [1.165, 1.54) is 11.3 Å². The van der Waals surface area contributed by atoms with Gasteiger partial charge in [-0.1, -0.05) is 48.0 Å². The topological polar surface area (TPSA) is 92.9 Å². The van der Waals surface area contributed by atoms with Gasteiger partial charge in [-0.25, -0.2) is 19.0 Å². The maximum atomic E-state index is 13.7. The molecule has 6 aromatic rings. The fourth-order valence-corrected chi connectivity index (χ4v) is 6.13. The van der Waals surface area contributed by atoms with E-state index >= 15 is 0 Å². The predicted octanol–water partition coefficient (Wildman–Crippen LogP) is 6.29. The Labute approximate surface area is 268 Å². The van der Waals surface area contributed by atoms with Gasteiger partial charge >= 0.3 is 0 Å². The van der Waals surface area contributed by atoms with E-state index in [0.29, 0.717) is 49.8 Å². The maximum absolute atomic E-state index is 13.7. The summed E-state index contributed by atoms with van der Waals surface area (Å²) in [5, 5.41) is 11.9. The van der Waals surface area contributed by atoms with Crippen molar-refractivity contribution in [2.75, 3.05) is 14.2 Å². The molecule has 0 atom stereocenters. The van der Waals surface area contributed by atoms with E-state index in [1.54, 1.807) is 39.2 Å². The normalized spacial score (nSPS) is 11.9. The van der Waals surface area contributed by atoms with Crippen LogP contribution in [-0.4, -0.2) is 44.3 Å². The van der Waals surface area contributed by atoms with Crippen LogP contribution in [0.1, 0.15) is 17.0 Å². The van der Waals surface area contributed by atoms with Crippen LogP contribution < -0.4 is 19.8 Å². The number of benzene rings is 3. The molecule has 0 unspecified atom stereocenters. The van der Waals surface area contributed by atoms with Crippen LogP contribution in [0.25, 0.3) is 22.6 Å². The van der Waals surface area contributed by atoms with E-state index in [1.807, 2.05) is 105 Å². The van der Waals surface area contributed by atoms with Gasteiger partial charge in [-0.15, -0.1) is 11.3 Å². The van der Waals surface area contributed by atoms with Gasteiger partial charge in [0.15, 0.2) is 5.69 Å². The molecular formula is C33H30ClN7O3S. The molecule has 0 saturated heterocycles. The zero-order valence-corrected chi connectivity index (χ0v) is 26.9. The Bertz CT molecular complexity index is 2160. The van der Waals surface area contributed by atoms with Gasteiger partial charge in [0.2, 0.25) is 4.80 Å². The molecular weight excluding hydrogens is 610 g/mol. The van der Waals surface area contributed by atoms with Gasteiger partial charge < -0.3 is 9.47 Å². The lowest BCUT2D eigenvalue weighted by Crippen LogP contribution is -2.20. The molecule has 3 aromatic heterocycles. The Morgan fingerprint density at radius 2 is 1.62 bits per heavy atom. The second-order valence-electron chi connectivity index (χ2n) is 10.1. The number of aromatic nitrogens is 5. The molecule has 10 nitrogen and oxygen atoms in total. The zero-order valence-electron chi connectivity index (χ0n) is 25.3. The van der Waals surface area contributed by atoms with Crippen LogP contribution in [0.4, 0.5) is 5.69 Å². The van der Waals surface area contributed by atoms with Gasteiger partial charge in [-0.3, -0.25) is 9.48 Å². The van der Waals surface area contributed by atoms with Crippen LogP contribution >= 0.6 is 22.9 Å². The van der Waals surface area contributed by atoms with E-state index < -0.39 is 0 Å². The first-order valence-corrected chi connectivity index (χ1v) is 15.2. The third-order valence-electron chi connectivity index (χ3n) is 7.45. The number of ether oxygens (including phenoxy) is 2. The number of hydrogen-bond donors (Lipinski definition) is 0. The molecule has 0 fully saturated rings. The van der Waals surface area contributed by atoms with Crippen LogP contribution in [0.15, 0.2) is 99.1 Å². The highest BCUT2D eigenvalue weighted by molar-refractivity contribution is 7.07. The van der Waals surface area contributed by atoms with Crippen molar-refractivity contribution in [3.8, 4) is 34.1 Å². The summed E-state index contributed by atoms with van der Waals surface area (Å²) >= 11 is 8.18. The molecule has 45 heavy (non-hydrogen) atoms. The first-order chi connectivity index (χ1) is 21.8. The van der Waals surface area contributed by atoms with Crippen molar-refractivity contribution in [2.45, 2.75) is 13.8 Å². The van der Waals surface area contributed by atoms with Crippen molar-refractivity contribution >= 4 is 34.8 Å². The van der Waals surface area contributed by atoms with Crippen molar-refractivity contribution in [1.29, 1.82) is 0 Å². The van der Waals surface area contributed by atoms with Gasteiger partial charge in [0.1, 0.15) is 16.7 Å². The van der Waals surface area contributed by atoms with Crippen LogP contribution in [0.5, 0.6) is 11.5 Å². The highest BCUT2D eigenvalue weighted by Gasteiger charge is 2.19. The number of rotatable bonds is 8. The standard InChI is InChI=1S/C33H30ClN7O3S/c1-21-27(31(34)39(37-21)23-12-8-6-9-13-23)19-35-40-28(26-18-25(43-4)16-17-29(26)44-5)20-45-33(40)36-30-22(2)38(3)41(32(30)42)24-14-10-7-11-15-24/h6-20H,1-5H3. The minimum absolute atomic E-state index is 0.242. The summed E-state index contributed by atoms with van der Waals surface area (Å²) < 4.78 is 18.0. The summed E-state index contributed by atoms with van der Waals surface area (Å²) in [7, 11) is 5.05. The summed E-state index contributed by atoms with van der Waals surface area (Å²) in [6, 6.07) is 24.7. The Balaban J connectivity index is 1.56. The number of halogens is 1. The number of hydrogen-bond acceptors (Lipinski definition) is 7. The fraction of sp³-hybridized carbons (Fsp3) is 0.152. The van der Waals surface area contributed by atoms with E-state index in [4.69, 9.17) is 31.2 Å². The zero-order chi connectivity index (χ0) is 31.7. The fourth-order valence-electron chi connectivity index (χ4n) is 4.98. The molecule has 12 heteroatoms. The minimum Gasteiger partial charge on any atom is -0.497 e. The summed E-state index contributed by atoms with van der Waals surface area (Å²) in [6.07, 6.45) is 1.66. The van der Waals surface area contributed by atoms with Crippen molar-refractivity contribution in [3.63, 3.8) is 0 Å². The van der Waals surface area contributed by atoms with Crippen LogP contribution in [0, 0.1) is 13.8 Å². The van der Waals surface area contributed by atoms with Crippen LogP contribution in [0.3, 0.4) is 0 Å². The molecule has 0 aliphatic rings. The summed E-state index contributed by atoms with van der Waals surface area (Å²) in [5.74, 6) is 1.27. The Morgan fingerprint density at radius 1 is 0.933 bits per heavy atom. The Kier molecular flexibility index (Phi) is 8.29. The average molecular weight is 640 g/mol. The smallest absolute Gasteiger partial charge is 0.297 e. The number of nitrogens with zero attached hydrogens (tertiary/aromatic N) is 7. The molecule has 0 aliphatic carbocycles. The van der Waals surface area contributed by atoms with Gasteiger partial charge in [0.25, 0.3) is 5.56 Å². The molecule has 0 amide bonds. The highest BCUT2D eigenvalue weighted by Crippen LogP contribution is 2.34. The van der Waals surface area contributed by atoms with Crippen molar-refractivity contribution in [1.82, 2.24) is 23.8 Å². The number of methoxy groups -OCH3 is 2. The predicted molar refractivity (Wildman–Crippen MR) is 178 cm³/mol. The minimum atomic E-state index is -0.242. The molecule has 0 aliphatic heterocycles. The molecule has 3 heterocycles. The first kappa shape index (κ1) is 29.9. The molecule has 6 rings (SSSR count). The second kappa shape index (κ2) is 12.5. The molecule has 0 radical (unpaired) electrons. The van der Waals surface area contributed by atoms with Gasteiger partial charge in [-0.05, 0) is 56.3 Å². The summed E-state index contributed by atoms with van der Waals surface area (Å²) in [4.78, 5) is 19.1. The molecule has 0 saturated carbocycles. The van der Waals surface area contributed by atoms with E-state index in [9.17, 15) is 4.79 Å². The van der Waals surface area contributed by atoms with E-state index in [-0.39, 0.29) is 5.56 Å². The van der Waals surface area contributed by atoms with Crippen molar-refractivity contribution < 1.29 is 9.47 Å². The SMILES string of the molecule is COc1ccc(OC)c(-c2csc(=Nc3c(C)n(C)n(-c4ccccc4)c3=O)n2N=Cc2c(C)nn(-c3ccccc3)c2Cl)c1. The monoisotopic (exact) mass is 639 g/mol. The summed E-state index contributed by atoms with van der Waals surface area (Å²) in [5.41, 5.74) is 5.12. The second-order valence-corrected chi connectivity index (χ2v) is 11.3. The summed E-state index contributed by atoms with van der Waals surface area (Å²) in [6.45, 7) is 3.75. The van der Waals surface area contributed by atoms with Crippen molar-refractivity contribution in [3.05, 3.63) is 122 Å². The van der Waals surface area contributed by atoms with Crippen molar-refractivity contribution in [2.24, 2.45) is 17.1 Å². The Morgan fingerprint density at radius 3 is 2.29 bits per heavy atom. The van der Waals surface area contributed by atoms with Gasteiger partial charge in [-0.2, -0.15) is 10.2 Å². The van der Waals surface area contributed by atoms with Crippen LogP contribution in [-0.2, 0) is 7.05 Å². The van der Waals surface area contributed by atoms with Gasteiger partial charge in [0.05, 0.1) is 54.5 Å². The lowest BCUT2D eigenvalue weighted by molar-refractivity contribution is 0.404. The average Bonchev–Trinajstić information content (AvgIpc) is 3.67. The highest BCUT2D eigenvalue weighted by atomic mass is 35.5. The number of para-hydroxylation sites is 2.